The van der Waals surface area contributed by atoms with Crippen LogP contribution in [0, 0.1) is 0 Å². The maximum absolute atomic E-state index is 12.7. The van der Waals surface area contributed by atoms with E-state index in [9.17, 15) is 14.4 Å². The van der Waals surface area contributed by atoms with Crippen LogP contribution < -0.4 is 0 Å². The van der Waals surface area contributed by atoms with Gasteiger partial charge < -0.3 is 14.2 Å². The molecule has 6 nitrogen and oxygen atoms in total. The Balaban J connectivity index is 4.49. The minimum atomic E-state index is -0.805. The van der Waals surface area contributed by atoms with Gasteiger partial charge in [-0.15, -0.1) is 0 Å². The van der Waals surface area contributed by atoms with Gasteiger partial charge in [-0.2, -0.15) is 0 Å². The molecule has 0 amide bonds. The lowest BCUT2D eigenvalue weighted by Gasteiger charge is -2.18. The normalized spacial score (nSPS) is 12.8. The van der Waals surface area contributed by atoms with Gasteiger partial charge in [0.25, 0.3) is 0 Å². The van der Waals surface area contributed by atoms with Crippen LogP contribution in [0.25, 0.3) is 0 Å². The van der Waals surface area contributed by atoms with Crippen LogP contribution in [0.2, 0.25) is 0 Å². The second kappa shape index (κ2) is 47.3. The first-order chi connectivity index (χ1) is 29.0. The first kappa shape index (κ1) is 55.6. The lowest BCUT2D eigenvalue weighted by molar-refractivity contribution is -0.167. The fourth-order valence-corrected chi connectivity index (χ4v) is 6.21. The van der Waals surface area contributed by atoms with Crippen molar-refractivity contribution in [1.82, 2.24) is 0 Å². The SMILES string of the molecule is CC/C=C\C/C=C\C/C=C\CCCCCCCC(=O)OC[C@@H](COC(=O)CCCCCCC/C=C\CCCC)OC(=O)CCCC/C=C\C/C=C\C/C=C\CCCCC. The Kier molecular flexibility index (Phi) is 44.5. The summed E-state index contributed by atoms with van der Waals surface area (Å²) in [4.78, 5) is 37.8. The maximum atomic E-state index is 12.7. The third-order valence-corrected chi connectivity index (χ3v) is 9.85. The summed E-state index contributed by atoms with van der Waals surface area (Å²) >= 11 is 0. The van der Waals surface area contributed by atoms with Crippen molar-refractivity contribution in [2.45, 2.75) is 219 Å². The molecule has 0 aliphatic rings. The van der Waals surface area contributed by atoms with E-state index in [2.05, 4.69) is 106 Å². The monoisotopic (exact) mass is 821 g/mol. The quantitative estimate of drug-likeness (QED) is 0.0264. The first-order valence-electron chi connectivity index (χ1n) is 24.1. The summed E-state index contributed by atoms with van der Waals surface area (Å²) in [6.07, 6.45) is 59.9. The molecule has 0 bridgehead atoms. The van der Waals surface area contributed by atoms with Gasteiger partial charge in [0.15, 0.2) is 6.10 Å². The Morgan fingerprint density at radius 2 is 0.678 bits per heavy atom. The van der Waals surface area contributed by atoms with Crippen molar-refractivity contribution in [3.63, 3.8) is 0 Å². The molecule has 336 valence electrons. The third kappa shape index (κ3) is 45.5. The highest BCUT2D eigenvalue weighted by Crippen LogP contribution is 2.12. The smallest absolute Gasteiger partial charge is 0.306 e. The van der Waals surface area contributed by atoms with Gasteiger partial charge in [-0.25, -0.2) is 0 Å². The molecular weight excluding hydrogens is 733 g/mol. The molecule has 6 heteroatoms. The van der Waals surface area contributed by atoms with Gasteiger partial charge in [0, 0.05) is 19.3 Å². The van der Waals surface area contributed by atoms with E-state index >= 15 is 0 Å². The first-order valence-corrected chi connectivity index (χ1v) is 24.1. The molecule has 0 aliphatic heterocycles. The molecule has 0 aromatic heterocycles. The van der Waals surface area contributed by atoms with Crippen molar-refractivity contribution in [3.05, 3.63) is 85.1 Å². The lowest BCUT2D eigenvalue weighted by atomic mass is 10.1. The molecule has 0 N–H and O–H groups in total. The number of rotatable bonds is 42. The predicted octanol–water partition coefficient (Wildman–Crippen LogP) is 15.6. The van der Waals surface area contributed by atoms with E-state index in [4.69, 9.17) is 14.2 Å². The second-order valence-corrected chi connectivity index (χ2v) is 15.6. The third-order valence-electron chi connectivity index (χ3n) is 9.85. The molecule has 0 unspecified atom stereocenters. The Morgan fingerprint density at radius 1 is 0.356 bits per heavy atom. The van der Waals surface area contributed by atoms with E-state index in [-0.39, 0.29) is 37.5 Å². The molecule has 0 fully saturated rings. The molecule has 0 spiro atoms. The van der Waals surface area contributed by atoms with Crippen LogP contribution in [0.5, 0.6) is 0 Å². The van der Waals surface area contributed by atoms with Gasteiger partial charge in [-0.3, -0.25) is 14.4 Å². The highest BCUT2D eigenvalue weighted by Gasteiger charge is 2.19. The predicted molar refractivity (Wildman–Crippen MR) is 251 cm³/mol. The number of carbonyl (C=O) groups excluding carboxylic acids is 3. The maximum Gasteiger partial charge on any atom is 0.306 e. The molecular formula is C53H88O6. The number of ether oxygens (including phenoxy) is 3. The van der Waals surface area contributed by atoms with Crippen LogP contribution in [-0.2, 0) is 28.6 Å². The molecule has 0 saturated heterocycles. The van der Waals surface area contributed by atoms with E-state index in [1.807, 2.05) is 0 Å². The summed E-state index contributed by atoms with van der Waals surface area (Å²) in [7, 11) is 0. The largest absolute Gasteiger partial charge is 0.462 e. The van der Waals surface area contributed by atoms with Crippen molar-refractivity contribution < 1.29 is 28.6 Å². The summed E-state index contributed by atoms with van der Waals surface area (Å²) in [6, 6.07) is 0. The Morgan fingerprint density at radius 3 is 1.14 bits per heavy atom. The fraction of sp³-hybridized carbons (Fsp3) is 0.679. The zero-order valence-corrected chi connectivity index (χ0v) is 38.2. The van der Waals surface area contributed by atoms with Crippen LogP contribution >= 0.6 is 0 Å². The van der Waals surface area contributed by atoms with Crippen LogP contribution in [0.15, 0.2) is 85.1 Å². The summed E-state index contributed by atoms with van der Waals surface area (Å²) in [6.45, 7) is 6.38. The van der Waals surface area contributed by atoms with E-state index in [1.165, 1.54) is 51.4 Å². The minimum Gasteiger partial charge on any atom is -0.462 e. The van der Waals surface area contributed by atoms with Gasteiger partial charge in [0.1, 0.15) is 13.2 Å². The Hall–Kier alpha value is -3.41. The zero-order valence-electron chi connectivity index (χ0n) is 38.2. The fourth-order valence-electron chi connectivity index (χ4n) is 6.21. The average Bonchev–Trinajstić information content (AvgIpc) is 3.23. The molecule has 0 saturated carbocycles. The molecule has 0 radical (unpaired) electrons. The number of allylic oxidation sites excluding steroid dienone is 14. The van der Waals surface area contributed by atoms with E-state index in [0.717, 1.165) is 116 Å². The van der Waals surface area contributed by atoms with Crippen molar-refractivity contribution >= 4 is 17.9 Å². The highest BCUT2D eigenvalue weighted by molar-refractivity contribution is 5.71. The Bertz CT molecular complexity index is 1170. The molecule has 0 aliphatic carbocycles. The minimum absolute atomic E-state index is 0.103. The van der Waals surface area contributed by atoms with Crippen LogP contribution in [-0.4, -0.2) is 37.2 Å². The van der Waals surface area contributed by atoms with E-state index < -0.39 is 6.10 Å². The van der Waals surface area contributed by atoms with Crippen LogP contribution in [0.4, 0.5) is 0 Å². The number of hydrogen-bond donors (Lipinski definition) is 0. The van der Waals surface area contributed by atoms with E-state index in [1.54, 1.807) is 0 Å². The topological polar surface area (TPSA) is 78.9 Å². The summed E-state index contributed by atoms with van der Waals surface area (Å²) in [5, 5.41) is 0. The summed E-state index contributed by atoms with van der Waals surface area (Å²) in [5.41, 5.74) is 0. The average molecular weight is 821 g/mol. The molecule has 0 heterocycles. The molecule has 59 heavy (non-hydrogen) atoms. The lowest BCUT2D eigenvalue weighted by Crippen LogP contribution is -2.30. The van der Waals surface area contributed by atoms with Gasteiger partial charge >= 0.3 is 17.9 Å². The van der Waals surface area contributed by atoms with Crippen molar-refractivity contribution in [2.24, 2.45) is 0 Å². The standard InChI is InChI=1S/C53H88O6/c1-4-7-10-13-16-19-22-24-26-28-31-34-37-40-43-46-52(55)58-49-50(48-57-51(54)45-42-39-36-33-30-21-18-15-12-9-6-3)59-53(56)47-44-41-38-35-32-29-27-25-23-20-17-14-11-8-5-2/h7,10,15-20,24-27,32,35,50H,4-6,8-9,11-14,21-23,28-31,33-34,36-49H2,1-3H3/b10-7-,18-15-,19-16-,20-17-,26-24-,27-25-,35-32-/t50-/m1/s1. The van der Waals surface area contributed by atoms with Crippen molar-refractivity contribution in [1.29, 1.82) is 0 Å². The van der Waals surface area contributed by atoms with E-state index in [0.29, 0.717) is 19.3 Å². The van der Waals surface area contributed by atoms with Crippen molar-refractivity contribution in [2.75, 3.05) is 13.2 Å². The highest BCUT2D eigenvalue weighted by atomic mass is 16.6. The molecule has 0 aromatic rings. The van der Waals surface area contributed by atoms with Gasteiger partial charge in [0.05, 0.1) is 0 Å². The van der Waals surface area contributed by atoms with Gasteiger partial charge in [-0.1, -0.05) is 170 Å². The number of esters is 3. The molecule has 1 atom stereocenters. The number of unbranched alkanes of at least 4 members (excludes halogenated alkanes) is 17. The van der Waals surface area contributed by atoms with Crippen LogP contribution in [0.3, 0.4) is 0 Å². The van der Waals surface area contributed by atoms with Gasteiger partial charge in [0.2, 0.25) is 0 Å². The Labute approximate surface area is 363 Å². The molecule has 0 aromatic carbocycles. The zero-order chi connectivity index (χ0) is 43.0. The number of hydrogen-bond acceptors (Lipinski definition) is 6. The molecule has 0 rings (SSSR count). The van der Waals surface area contributed by atoms with Crippen LogP contribution in [0.1, 0.15) is 213 Å². The second-order valence-electron chi connectivity index (χ2n) is 15.6. The number of carbonyl (C=O) groups is 3. The summed E-state index contributed by atoms with van der Waals surface area (Å²) in [5.74, 6) is -0.974. The van der Waals surface area contributed by atoms with Gasteiger partial charge in [-0.05, 0) is 109 Å². The van der Waals surface area contributed by atoms with Crippen molar-refractivity contribution in [3.8, 4) is 0 Å². The summed E-state index contributed by atoms with van der Waals surface area (Å²) < 4.78 is 16.7.